The number of imidazole rings is 1. The number of methoxy groups -OCH3 is 1. The summed E-state index contributed by atoms with van der Waals surface area (Å²) in [5, 5.41) is 0. The molecule has 4 heteroatoms. The molecule has 0 saturated carbocycles. The first-order valence-corrected chi connectivity index (χ1v) is 6.75. The van der Waals surface area contributed by atoms with Crippen LogP contribution in [0.3, 0.4) is 0 Å². The van der Waals surface area contributed by atoms with Crippen molar-refractivity contribution in [3.8, 4) is 17.0 Å². The molecule has 0 aliphatic carbocycles. The summed E-state index contributed by atoms with van der Waals surface area (Å²) in [4.78, 5) is 6.74. The van der Waals surface area contributed by atoms with Gasteiger partial charge in [0.25, 0.3) is 0 Å². The highest BCUT2D eigenvalue weighted by Crippen LogP contribution is 2.36. The second-order valence-corrected chi connectivity index (χ2v) is 5.07. The van der Waals surface area contributed by atoms with Gasteiger partial charge >= 0.3 is 0 Å². The van der Waals surface area contributed by atoms with Crippen molar-refractivity contribution in [1.29, 1.82) is 0 Å². The quantitative estimate of drug-likeness (QED) is 0.717. The summed E-state index contributed by atoms with van der Waals surface area (Å²) in [7, 11) is 1.71. The molecule has 0 N–H and O–H groups in total. The first-order valence-electron chi connectivity index (χ1n) is 5.93. The second kappa shape index (κ2) is 4.46. The van der Waals surface area contributed by atoms with Crippen LogP contribution in [0.15, 0.2) is 36.7 Å². The highest BCUT2D eigenvalue weighted by Gasteiger charge is 2.16. The number of hydrogen-bond donors (Lipinski definition) is 0. The Labute approximate surface area is 110 Å². The van der Waals surface area contributed by atoms with Gasteiger partial charge in [-0.3, -0.25) is 4.40 Å². The fraction of sp³-hybridized carbons (Fsp3) is 0.214. The predicted octanol–water partition coefficient (Wildman–Crippen LogP) is 3.63. The number of fused-ring (bicyclic) bond motifs is 1. The molecule has 0 bridgehead atoms. The van der Waals surface area contributed by atoms with Crippen molar-refractivity contribution in [1.82, 2.24) is 9.38 Å². The summed E-state index contributed by atoms with van der Waals surface area (Å²) in [6.45, 7) is 2.17. The van der Waals surface area contributed by atoms with Crippen LogP contribution in [-0.4, -0.2) is 16.5 Å². The Morgan fingerprint density at radius 3 is 2.94 bits per heavy atom. The summed E-state index contributed by atoms with van der Waals surface area (Å²) in [6, 6.07) is 8.12. The molecule has 18 heavy (non-hydrogen) atoms. The SMILES string of the molecule is CCc1sc2nccn2c1-c1ccccc1OC. The fourth-order valence-electron chi connectivity index (χ4n) is 2.19. The van der Waals surface area contributed by atoms with Crippen LogP contribution in [0.5, 0.6) is 5.75 Å². The molecule has 0 spiro atoms. The van der Waals surface area contributed by atoms with Crippen LogP contribution in [0.2, 0.25) is 0 Å². The monoisotopic (exact) mass is 258 g/mol. The van der Waals surface area contributed by atoms with Crippen molar-refractivity contribution in [2.24, 2.45) is 0 Å². The van der Waals surface area contributed by atoms with Gasteiger partial charge in [0.1, 0.15) is 5.75 Å². The molecular formula is C14H14N2OS. The molecule has 92 valence electrons. The van der Waals surface area contributed by atoms with Gasteiger partial charge in [0.05, 0.1) is 12.8 Å². The summed E-state index contributed by atoms with van der Waals surface area (Å²) in [6.07, 6.45) is 4.85. The lowest BCUT2D eigenvalue weighted by molar-refractivity contribution is 0.416. The maximum absolute atomic E-state index is 5.46. The standard InChI is InChI=1S/C14H14N2OS/c1-3-12-13(16-9-8-15-14(16)18-12)10-6-4-5-7-11(10)17-2/h4-9H,3H2,1-2H3. The van der Waals surface area contributed by atoms with Gasteiger partial charge in [-0.1, -0.05) is 19.1 Å². The van der Waals surface area contributed by atoms with Crippen LogP contribution in [0.1, 0.15) is 11.8 Å². The minimum absolute atomic E-state index is 0.903. The highest BCUT2D eigenvalue weighted by molar-refractivity contribution is 7.17. The number of para-hydroxylation sites is 1. The topological polar surface area (TPSA) is 26.5 Å². The maximum atomic E-state index is 5.46. The van der Waals surface area contributed by atoms with Gasteiger partial charge in [0, 0.05) is 22.8 Å². The minimum Gasteiger partial charge on any atom is -0.496 e. The number of nitrogens with zero attached hydrogens (tertiary/aromatic N) is 2. The first-order chi connectivity index (χ1) is 8.85. The third kappa shape index (κ3) is 1.61. The van der Waals surface area contributed by atoms with E-state index in [9.17, 15) is 0 Å². The lowest BCUT2D eigenvalue weighted by atomic mass is 10.1. The second-order valence-electron chi connectivity index (χ2n) is 4.01. The maximum Gasteiger partial charge on any atom is 0.194 e. The Bertz CT molecular complexity index is 684. The van der Waals surface area contributed by atoms with Crippen LogP contribution in [0, 0.1) is 0 Å². The molecule has 0 unspecified atom stereocenters. The van der Waals surface area contributed by atoms with Crippen LogP contribution in [0.25, 0.3) is 16.2 Å². The number of aryl methyl sites for hydroxylation is 1. The van der Waals surface area contributed by atoms with E-state index in [1.165, 1.54) is 10.6 Å². The molecule has 0 atom stereocenters. The molecular weight excluding hydrogens is 244 g/mol. The molecule has 0 radical (unpaired) electrons. The summed E-state index contributed by atoms with van der Waals surface area (Å²) in [5.41, 5.74) is 2.33. The highest BCUT2D eigenvalue weighted by atomic mass is 32.1. The van der Waals surface area contributed by atoms with Crippen LogP contribution in [-0.2, 0) is 6.42 Å². The summed E-state index contributed by atoms with van der Waals surface area (Å²) < 4.78 is 7.61. The largest absolute Gasteiger partial charge is 0.496 e. The Morgan fingerprint density at radius 2 is 2.17 bits per heavy atom. The molecule has 0 aliphatic rings. The average Bonchev–Trinajstić information content (AvgIpc) is 2.98. The Balaban J connectivity index is 2.32. The van der Waals surface area contributed by atoms with Crippen molar-refractivity contribution in [3.63, 3.8) is 0 Å². The molecule has 3 nitrogen and oxygen atoms in total. The van der Waals surface area contributed by atoms with Crippen molar-refractivity contribution >= 4 is 16.3 Å². The van der Waals surface area contributed by atoms with Crippen molar-refractivity contribution < 1.29 is 4.74 Å². The number of rotatable bonds is 3. The van der Waals surface area contributed by atoms with E-state index in [0.29, 0.717) is 0 Å². The lowest BCUT2D eigenvalue weighted by Gasteiger charge is -2.09. The van der Waals surface area contributed by atoms with E-state index in [2.05, 4.69) is 22.4 Å². The van der Waals surface area contributed by atoms with E-state index in [4.69, 9.17) is 4.74 Å². The van der Waals surface area contributed by atoms with Gasteiger partial charge in [-0.05, 0) is 18.6 Å². The molecule has 0 amide bonds. The Hall–Kier alpha value is -1.81. The number of aromatic nitrogens is 2. The zero-order valence-electron chi connectivity index (χ0n) is 10.4. The normalized spacial score (nSPS) is 11.0. The van der Waals surface area contributed by atoms with E-state index in [-0.39, 0.29) is 0 Å². The smallest absolute Gasteiger partial charge is 0.194 e. The van der Waals surface area contributed by atoms with Crippen molar-refractivity contribution in [2.45, 2.75) is 13.3 Å². The van der Waals surface area contributed by atoms with Gasteiger partial charge in [-0.15, -0.1) is 11.3 Å². The van der Waals surface area contributed by atoms with Gasteiger partial charge < -0.3 is 4.74 Å². The minimum atomic E-state index is 0.903. The predicted molar refractivity (Wildman–Crippen MR) is 74.4 cm³/mol. The zero-order valence-corrected chi connectivity index (χ0v) is 11.2. The molecule has 0 aliphatic heterocycles. The van der Waals surface area contributed by atoms with Crippen molar-refractivity contribution in [2.75, 3.05) is 7.11 Å². The van der Waals surface area contributed by atoms with E-state index in [0.717, 1.165) is 22.7 Å². The number of hydrogen-bond acceptors (Lipinski definition) is 3. The van der Waals surface area contributed by atoms with Gasteiger partial charge in [0.15, 0.2) is 4.96 Å². The van der Waals surface area contributed by atoms with Crippen molar-refractivity contribution in [3.05, 3.63) is 41.5 Å². The molecule has 2 heterocycles. The van der Waals surface area contributed by atoms with E-state index in [1.807, 2.05) is 30.6 Å². The van der Waals surface area contributed by atoms with E-state index >= 15 is 0 Å². The first kappa shape index (κ1) is 11.3. The number of thiazole rings is 1. The van der Waals surface area contributed by atoms with Gasteiger partial charge in [-0.2, -0.15) is 0 Å². The molecule has 0 saturated heterocycles. The zero-order chi connectivity index (χ0) is 12.5. The van der Waals surface area contributed by atoms with Gasteiger partial charge in [0.2, 0.25) is 0 Å². The molecule has 3 rings (SSSR count). The third-order valence-electron chi connectivity index (χ3n) is 3.01. The summed E-state index contributed by atoms with van der Waals surface area (Å²) >= 11 is 1.74. The molecule has 0 fully saturated rings. The molecule has 3 aromatic rings. The Kier molecular flexibility index (Phi) is 2.80. The van der Waals surface area contributed by atoms with Crippen LogP contribution in [0.4, 0.5) is 0 Å². The number of benzene rings is 1. The van der Waals surface area contributed by atoms with Crippen LogP contribution < -0.4 is 4.74 Å². The molecule has 1 aromatic carbocycles. The Morgan fingerprint density at radius 1 is 1.33 bits per heavy atom. The molecule has 2 aromatic heterocycles. The lowest BCUT2D eigenvalue weighted by Crippen LogP contribution is -1.92. The van der Waals surface area contributed by atoms with Gasteiger partial charge in [-0.25, -0.2) is 4.98 Å². The number of ether oxygens (including phenoxy) is 1. The van der Waals surface area contributed by atoms with Crippen LogP contribution >= 0.6 is 11.3 Å². The van der Waals surface area contributed by atoms with E-state index in [1.54, 1.807) is 18.4 Å². The summed E-state index contributed by atoms with van der Waals surface area (Å²) in [5.74, 6) is 0.903. The average molecular weight is 258 g/mol. The third-order valence-corrected chi connectivity index (χ3v) is 4.22. The van der Waals surface area contributed by atoms with E-state index < -0.39 is 0 Å². The fourth-order valence-corrected chi connectivity index (χ4v) is 3.22.